The number of hydrogen-bond donors (Lipinski definition) is 1. The Kier molecular flexibility index (Phi) is 6.83. The number of aliphatic hydroxyl groups excluding tert-OH is 1. The molecule has 0 aromatic heterocycles. The Hall–Kier alpha value is -2.79. The van der Waals surface area contributed by atoms with Crippen molar-refractivity contribution in [3.63, 3.8) is 0 Å². The van der Waals surface area contributed by atoms with Crippen LogP contribution in [0.15, 0.2) is 60.7 Å². The maximum absolute atomic E-state index is 12.5. The normalized spacial score (nSPS) is 24.1. The summed E-state index contributed by atoms with van der Waals surface area (Å²) in [5.41, 5.74) is 0.419. The molecule has 0 aliphatic carbocycles. The van der Waals surface area contributed by atoms with Crippen molar-refractivity contribution < 1.29 is 41.5 Å². The Morgan fingerprint density at radius 2 is 1.40 bits per heavy atom. The van der Waals surface area contributed by atoms with E-state index in [-0.39, 0.29) is 17.7 Å². The van der Waals surface area contributed by atoms with Gasteiger partial charge >= 0.3 is 11.9 Å². The van der Waals surface area contributed by atoms with Crippen LogP contribution in [0.4, 0.5) is 0 Å². The lowest BCUT2D eigenvalue weighted by molar-refractivity contribution is -0.243. The van der Waals surface area contributed by atoms with E-state index < -0.39 is 46.7 Å². The Bertz CT molecular complexity index is 976. The molecule has 9 nitrogen and oxygen atoms in total. The van der Waals surface area contributed by atoms with Gasteiger partial charge in [0, 0.05) is 0 Å². The van der Waals surface area contributed by atoms with Gasteiger partial charge in [-0.1, -0.05) is 36.4 Å². The molecule has 1 aliphatic rings. The van der Waals surface area contributed by atoms with Crippen molar-refractivity contribution in [2.75, 3.05) is 12.9 Å². The summed E-state index contributed by atoms with van der Waals surface area (Å²) in [6.45, 7) is -0.337. The maximum atomic E-state index is 12.5. The smallest absolute Gasteiger partial charge is 0.338 e. The van der Waals surface area contributed by atoms with Crippen LogP contribution in [0.2, 0.25) is 0 Å². The molecule has 10 heteroatoms. The van der Waals surface area contributed by atoms with Crippen molar-refractivity contribution in [3.8, 4) is 0 Å². The van der Waals surface area contributed by atoms with E-state index in [9.17, 15) is 23.1 Å². The van der Waals surface area contributed by atoms with E-state index >= 15 is 0 Å². The van der Waals surface area contributed by atoms with E-state index in [1.165, 1.54) is 24.3 Å². The Morgan fingerprint density at radius 3 is 1.90 bits per heavy atom. The first-order chi connectivity index (χ1) is 14.2. The van der Waals surface area contributed by atoms with Gasteiger partial charge in [-0.25, -0.2) is 9.59 Å². The molecule has 1 saturated heterocycles. The van der Waals surface area contributed by atoms with Crippen LogP contribution in [0.5, 0.6) is 0 Å². The van der Waals surface area contributed by atoms with Gasteiger partial charge in [0.15, 0.2) is 24.6 Å². The fraction of sp³-hybridized carbons (Fsp3) is 0.300. The van der Waals surface area contributed by atoms with Crippen molar-refractivity contribution in [1.82, 2.24) is 0 Å². The number of hydrogen-bond acceptors (Lipinski definition) is 9. The highest BCUT2D eigenvalue weighted by atomic mass is 32.2. The van der Waals surface area contributed by atoms with Crippen molar-refractivity contribution in [2.45, 2.75) is 24.6 Å². The molecule has 0 unspecified atom stereocenters. The van der Waals surface area contributed by atoms with Crippen molar-refractivity contribution in [2.24, 2.45) is 0 Å². The Labute approximate surface area is 173 Å². The maximum Gasteiger partial charge on any atom is 0.338 e. The number of benzene rings is 2. The highest BCUT2D eigenvalue weighted by Crippen LogP contribution is 2.25. The summed E-state index contributed by atoms with van der Waals surface area (Å²) in [5.74, 6) is -1.54. The largest absolute Gasteiger partial charge is 0.452 e. The quantitative estimate of drug-likeness (QED) is 0.524. The first-order valence-electron chi connectivity index (χ1n) is 8.94. The summed E-state index contributed by atoms with van der Waals surface area (Å²) in [7, 11) is -4.07. The van der Waals surface area contributed by atoms with Gasteiger partial charge in [0.1, 0.15) is 0 Å². The van der Waals surface area contributed by atoms with Crippen LogP contribution in [0.3, 0.4) is 0 Å². The van der Waals surface area contributed by atoms with Gasteiger partial charge in [0.25, 0.3) is 10.1 Å². The molecule has 1 fully saturated rings. The minimum atomic E-state index is -4.07. The van der Waals surface area contributed by atoms with Gasteiger partial charge in [0.2, 0.25) is 0 Å². The molecule has 1 heterocycles. The predicted octanol–water partition coefficient (Wildman–Crippen LogP) is 1.13. The first-order valence-corrected chi connectivity index (χ1v) is 10.8. The number of aliphatic hydroxyl groups is 1. The lowest BCUT2D eigenvalue weighted by Gasteiger charge is -2.38. The molecule has 1 aliphatic heterocycles. The second kappa shape index (κ2) is 9.35. The van der Waals surface area contributed by atoms with Crippen molar-refractivity contribution in [1.29, 1.82) is 0 Å². The average Bonchev–Trinajstić information content (AvgIpc) is 2.73. The third-order valence-electron chi connectivity index (χ3n) is 4.21. The Balaban J connectivity index is 1.86. The van der Waals surface area contributed by atoms with Gasteiger partial charge in [-0.2, -0.15) is 8.42 Å². The summed E-state index contributed by atoms with van der Waals surface area (Å²) < 4.78 is 44.1. The highest BCUT2D eigenvalue weighted by molar-refractivity contribution is 7.86. The number of ether oxygens (including phenoxy) is 3. The number of rotatable bonds is 6. The van der Waals surface area contributed by atoms with Gasteiger partial charge in [-0.05, 0) is 24.3 Å². The second-order valence-corrected chi connectivity index (χ2v) is 8.14. The van der Waals surface area contributed by atoms with Crippen LogP contribution in [-0.4, -0.2) is 62.9 Å². The standard InChI is InChI=1S/C20H20O9S/c1-30(24,25)29-17-16(28-19(22)14-10-6-3-7-11-14)15(12-26-20(17)23)27-18(21)13-8-4-2-5-9-13/h2-11,15-17,20,23H,12H2,1H3/t15-,16-,17-,20+/m0/s1. The van der Waals surface area contributed by atoms with E-state index in [1.807, 2.05) is 0 Å². The molecule has 0 saturated carbocycles. The predicted molar refractivity (Wildman–Crippen MR) is 103 cm³/mol. The lowest BCUT2D eigenvalue weighted by Crippen LogP contribution is -2.57. The zero-order chi connectivity index (χ0) is 21.7. The average molecular weight is 436 g/mol. The second-order valence-electron chi connectivity index (χ2n) is 6.53. The fourth-order valence-corrected chi connectivity index (χ4v) is 3.46. The molecule has 160 valence electrons. The van der Waals surface area contributed by atoms with Gasteiger partial charge < -0.3 is 19.3 Å². The summed E-state index contributed by atoms with van der Waals surface area (Å²) in [6, 6.07) is 16.0. The molecule has 0 radical (unpaired) electrons. The van der Waals surface area contributed by atoms with Crippen LogP contribution in [0.1, 0.15) is 20.7 Å². The first kappa shape index (κ1) is 21.9. The highest BCUT2D eigenvalue weighted by Gasteiger charge is 2.47. The molecule has 1 N–H and O–H groups in total. The summed E-state index contributed by atoms with van der Waals surface area (Å²) in [6.07, 6.45) is -5.24. The topological polar surface area (TPSA) is 125 Å². The van der Waals surface area contributed by atoms with Crippen molar-refractivity contribution >= 4 is 22.1 Å². The van der Waals surface area contributed by atoms with E-state index in [0.29, 0.717) is 0 Å². The van der Waals surface area contributed by atoms with Crippen molar-refractivity contribution in [3.05, 3.63) is 71.8 Å². The molecule has 2 aromatic rings. The molecule has 3 rings (SSSR count). The minimum absolute atomic E-state index is 0.185. The SMILES string of the molecule is CS(=O)(=O)O[C@H]1[C@@H](OC(=O)c2ccccc2)[C@@H](OC(=O)c2ccccc2)CO[C@H]1O. The Morgan fingerprint density at radius 1 is 0.900 bits per heavy atom. The molecular formula is C20H20O9S. The third kappa shape index (κ3) is 5.63. The molecule has 4 atom stereocenters. The molecule has 0 amide bonds. The monoisotopic (exact) mass is 436 g/mol. The summed E-state index contributed by atoms with van der Waals surface area (Å²) >= 11 is 0. The van der Waals surface area contributed by atoms with E-state index in [4.69, 9.17) is 18.4 Å². The molecule has 30 heavy (non-hydrogen) atoms. The third-order valence-corrected chi connectivity index (χ3v) is 4.78. The zero-order valence-corrected chi connectivity index (χ0v) is 16.7. The molecule has 2 aromatic carbocycles. The van der Waals surface area contributed by atoms with E-state index in [0.717, 1.165) is 6.26 Å². The lowest BCUT2D eigenvalue weighted by atomic mass is 10.0. The van der Waals surface area contributed by atoms with Crippen LogP contribution < -0.4 is 0 Å². The summed E-state index contributed by atoms with van der Waals surface area (Å²) in [5, 5.41) is 10.1. The van der Waals surface area contributed by atoms with Gasteiger partial charge in [0.05, 0.1) is 24.0 Å². The summed E-state index contributed by atoms with van der Waals surface area (Å²) in [4.78, 5) is 25.0. The van der Waals surface area contributed by atoms with Gasteiger partial charge in [-0.15, -0.1) is 0 Å². The number of esters is 2. The number of carbonyl (C=O) groups excluding carboxylic acids is 2. The molecular weight excluding hydrogens is 416 g/mol. The van der Waals surface area contributed by atoms with Crippen LogP contribution in [0.25, 0.3) is 0 Å². The van der Waals surface area contributed by atoms with E-state index in [1.54, 1.807) is 36.4 Å². The minimum Gasteiger partial charge on any atom is -0.452 e. The van der Waals surface area contributed by atoms with E-state index in [2.05, 4.69) is 0 Å². The molecule has 0 bridgehead atoms. The van der Waals surface area contributed by atoms with Gasteiger partial charge in [-0.3, -0.25) is 4.18 Å². The van der Waals surface area contributed by atoms with Crippen LogP contribution in [0, 0.1) is 0 Å². The van der Waals surface area contributed by atoms with Crippen LogP contribution in [-0.2, 0) is 28.5 Å². The zero-order valence-electron chi connectivity index (χ0n) is 15.9. The fourth-order valence-electron chi connectivity index (χ4n) is 2.85. The molecule has 0 spiro atoms. The number of carbonyl (C=O) groups is 2. The van der Waals surface area contributed by atoms with Crippen LogP contribution >= 0.6 is 0 Å².